The fourth-order valence-corrected chi connectivity index (χ4v) is 5.06. The normalized spacial score (nSPS) is 28.5. The number of rotatable bonds is 5. The third-order valence-electron chi connectivity index (χ3n) is 6.65. The van der Waals surface area contributed by atoms with Gasteiger partial charge in [-0.25, -0.2) is 0 Å². The Hall–Kier alpha value is -1.63. The van der Waals surface area contributed by atoms with E-state index in [1.165, 1.54) is 30.5 Å². The zero-order valence-corrected chi connectivity index (χ0v) is 17.0. The van der Waals surface area contributed by atoms with Crippen LogP contribution in [-0.4, -0.2) is 68.8 Å². The quantitative estimate of drug-likeness (QED) is 0.805. The maximum atomic E-state index is 11.6. The van der Waals surface area contributed by atoms with Crippen LogP contribution in [0.15, 0.2) is 24.3 Å². The molecule has 1 amide bonds. The van der Waals surface area contributed by atoms with E-state index in [1.54, 1.807) is 6.92 Å². The minimum Gasteiger partial charge on any atom is -0.379 e. The first-order valence-corrected chi connectivity index (χ1v) is 10.9. The van der Waals surface area contributed by atoms with Crippen LogP contribution in [0.2, 0.25) is 0 Å². The first-order valence-electron chi connectivity index (χ1n) is 10.9. The van der Waals surface area contributed by atoms with E-state index in [1.807, 2.05) is 4.90 Å². The molecule has 3 aliphatic rings. The van der Waals surface area contributed by atoms with Crippen molar-refractivity contribution in [2.24, 2.45) is 5.92 Å². The molecule has 1 aliphatic carbocycles. The lowest BCUT2D eigenvalue weighted by atomic mass is 9.93. The zero-order valence-electron chi connectivity index (χ0n) is 17.0. The second kappa shape index (κ2) is 9.25. The Morgan fingerprint density at radius 1 is 1.21 bits per heavy atom. The number of nitrogens with one attached hydrogen (secondary N) is 2. The van der Waals surface area contributed by atoms with Gasteiger partial charge in [-0.3, -0.25) is 4.79 Å². The van der Waals surface area contributed by atoms with Crippen LogP contribution in [0.25, 0.3) is 0 Å². The van der Waals surface area contributed by atoms with Crippen molar-refractivity contribution < 1.29 is 9.53 Å². The molecule has 0 radical (unpaired) electrons. The average molecular weight is 387 g/mol. The summed E-state index contributed by atoms with van der Waals surface area (Å²) in [6.07, 6.45) is 3.84. The van der Waals surface area contributed by atoms with Gasteiger partial charge in [-0.15, -0.1) is 0 Å². The molecule has 1 aromatic carbocycles. The number of hydrogen-bond acceptors (Lipinski definition) is 5. The van der Waals surface area contributed by atoms with Crippen molar-refractivity contribution in [2.45, 2.75) is 44.8 Å². The number of benzene rings is 1. The molecule has 6 nitrogen and oxygen atoms in total. The highest BCUT2D eigenvalue weighted by molar-refractivity contribution is 5.73. The Balaban J connectivity index is 1.37. The van der Waals surface area contributed by atoms with Crippen molar-refractivity contribution >= 4 is 11.6 Å². The monoisotopic (exact) mass is 386 g/mol. The number of para-hydroxylation sites is 1. The number of carbonyl (C=O) groups is 1. The van der Waals surface area contributed by atoms with E-state index in [9.17, 15) is 4.79 Å². The Kier molecular flexibility index (Phi) is 6.50. The summed E-state index contributed by atoms with van der Waals surface area (Å²) >= 11 is 0. The predicted octanol–water partition coefficient (Wildman–Crippen LogP) is 1.60. The lowest BCUT2D eigenvalue weighted by Gasteiger charge is -2.37. The van der Waals surface area contributed by atoms with Gasteiger partial charge < -0.3 is 25.2 Å². The van der Waals surface area contributed by atoms with Gasteiger partial charge in [0, 0.05) is 64.0 Å². The molecule has 2 aliphatic heterocycles. The maximum Gasteiger partial charge on any atom is 0.219 e. The molecule has 2 heterocycles. The fourth-order valence-electron chi connectivity index (χ4n) is 5.06. The number of amides is 1. The summed E-state index contributed by atoms with van der Waals surface area (Å²) in [5.74, 6) is 0.841. The molecular weight excluding hydrogens is 352 g/mol. The summed E-state index contributed by atoms with van der Waals surface area (Å²) in [4.78, 5) is 16.0. The highest BCUT2D eigenvalue weighted by Crippen LogP contribution is 2.30. The highest BCUT2D eigenvalue weighted by Gasteiger charge is 2.34. The first kappa shape index (κ1) is 19.7. The van der Waals surface area contributed by atoms with Crippen LogP contribution in [0, 0.1) is 5.92 Å². The summed E-state index contributed by atoms with van der Waals surface area (Å²) in [6.45, 7) is 8.67. The van der Waals surface area contributed by atoms with E-state index in [2.05, 4.69) is 39.8 Å². The van der Waals surface area contributed by atoms with Crippen molar-refractivity contribution in [3.63, 3.8) is 0 Å². The van der Waals surface area contributed by atoms with Crippen molar-refractivity contribution in [3.8, 4) is 0 Å². The van der Waals surface area contributed by atoms with Gasteiger partial charge in [-0.2, -0.15) is 0 Å². The average Bonchev–Trinajstić information content (AvgIpc) is 3.22. The third-order valence-corrected chi connectivity index (χ3v) is 6.65. The van der Waals surface area contributed by atoms with Gasteiger partial charge in [0.15, 0.2) is 0 Å². The van der Waals surface area contributed by atoms with Crippen LogP contribution in [0.4, 0.5) is 5.69 Å². The summed E-state index contributed by atoms with van der Waals surface area (Å²) in [5.41, 5.74) is 2.67. The van der Waals surface area contributed by atoms with Gasteiger partial charge in [0.1, 0.15) is 0 Å². The van der Waals surface area contributed by atoms with E-state index < -0.39 is 0 Å². The van der Waals surface area contributed by atoms with Gasteiger partial charge in [-0.05, 0) is 30.4 Å². The Morgan fingerprint density at radius 2 is 2.04 bits per heavy atom. The SMILES string of the molecule is CC(=O)N1CCN(c2ccccc2CNC2CCCC2C2COCCN2)CC1. The van der Waals surface area contributed by atoms with Crippen LogP contribution < -0.4 is 15.5 Å². The molecule has 154 valence electrons. The minimum absolute atomic E-state index is 0.183. The van der Waals surface area contributed by atoms with Crippen LogP contribution in [0.5, 0.6) is 0 Å². The van der Waals surface area contributed by atoms with Crippen LogP contribution in [-0.2, 0) is 16.1 Å². The number of ether oxygens (including phenoxy) is 1. The van der Waals surface area contributed by atoms with E-state index in [-0.39, 0.29) is 5.91 Å². The predicted molar refractivity (Wildman–Crippen MR) is 111 cm³/mol. The summed E-state index contributed by atoms with van der Waals surface area (Å²) in [5, 5.41) is 7.53. The molecule has 4 rings (SSSR count). The second-order valence-corrected chi connectivity index (χ2v) is 8.34. The van der Waals surface area contributed by atoms with Crippen LogP contribution in [0.3, 0.4) is 0 Å². The van der Waals surface area contributed by atoms with Crippen molar-refractivity contribution in [2.75, 3.05) is 50.8 Å². The van der Waals surface area contributed by atoms with Crippen LogP contribution in [0.1, 0.15) is 31.7 Å². The van der Waals surface area contributed by atoms with E-state index >= 15 is 0 Å². The molecule has 0 spiro atoms. The van der Waals surface area contributed by atoms with E-state index in [0.29, 0.717) is 18.0 Å². The lowest BCUT2D eigenvalue weighted by molar-refractivity contribution is -0.129. The Labute approximate surface area is 168 Å². The minimum atomic E-state index is 0.183. The standard InChI is InChI=1S/C22H34N4O2/c1-17(27)25-10-12-26(13-11-25)22-8-3-2-5-18(22)15-24-20-7-4-6-19(20)21-16-28-14-9-23-21/h2-3,5,8,19-21,23-24H,4,6-7,9-16H2,1H3. The van der Waals surface area contributed by atoms with Crippen molar-refractivity contribution in [1.82, 2.24) is 15.5 Å². The number of nitrogens with zero attached hydrogens (tertiary/aromatic N) is 2. The molecule has 6 heteroatoms. The smallest absolute Gasteiger partial charge is 0.219 e. The van der Waals surface area contributed by atoms with E-state index in [0.717, 1.165) is 52.5 Å². The number of anilines is 1. The summed E-state index contributed by atoms with van der Waals surface area (Å²) in [6, 6.07) is 9.77. The molecule has 0 aromatic heterocycles. The third kappa shape index (κ3) is 4.50. The Morgan fingerprint density at radius 3 is 2.79 bits per heavy atom. The number of carbonyl (C=O) groups excluding carboxylic acids is 1. The van der Waals surface area contributed by atoms with Gasteiger partial charge in [-0.1, -0.05) is 24.6 Å². The van der Waals surface area contributed by atoms with Crippen molar-refractivity contribution in [1.29, 1.82) is 0 Å². The maximum absolute atomic E-state index is 11.6. The Bertz CT molecular complexity index is 654. The van der Waals surface area contributed by atoms with Gasteiger partial charge >= 0.3 is 0 Å². The van der Waals surface area contributed by atoms with E-state index in [4.69, 9.17) is 4.74 Å². The number of morpholine rings is 1. The molecule has 0 bridgehead atoms. The highest BCUT2D eigenvalue weighted by atomic mass is 16.5. The number of hydrogen-bond donors (Lipinski definition) is 2. The topological polar surface area (TPSA) is 56.8 Å². The number of piperazine rings is 1. The molecule has 3 atom stereocenters. The molecular formula is C22H34N4O2. The fraction of sp³-hybridized carbons (Fsp3) is 0.682. The van der Waals surface area contributed by atoms with Crippen molar-refractivity contribution in [3.05, 3.63) is 29.8 Å². The molecule has 2 N–H and O–H groups in total. The molecule has 28 heavy (non-hydrogen) atoms. The zero-order chi connectivity index (χ0) is 19.3. The summed E-state index contributed by atoms with van der Waals surface area (Å²) < 4.78 is 5.70. The molecule has 3 fully saturated rings. The second-order valence-electron chi connectivity index (χ2n) is 8.34. The largest absolute Gasteiger partial charge is 0.379 e. The first-order chi connectivity index (χ1) is 13.7. The molecule has 1 saturated carbocycles. The van der Waals surface area contributed by atoms with Crippen LogP contribution >= 0.6 is 0 Å². The lowest BCUT2D eigenvalue weighted by Crippen LogP contribution is -2.51. The summed E-state index contributed by atoms with van der Waals surface area (Å²) in [7, 11) is 0. The van der Waals surface area contributed by atoms with Gasteiger partial charge in [0.2, 0.25) is 5.91 Å². The van der Waals surface area contributed by atoms with Gasteiger partial charge in [0.25, 0.3) is 0 Å². The molecule has 3 unspecified atom stereocenters. The molecule has 2 saturated heterocycles. The molecule has 1 aromatic rings. The van der Waals surface area contributed by atoms with Gasteiger partial charge in [0.05, 0.1) is 13.2 Å².